The first-order chi connectivity index (χ1) is 33.7. The van der Waals surface area contributed by atoms with Crippen molar-refractivity contribution in [1.29, 1.82) is 0 Å². The van der Waals surface area contributed by atoms with Gasteiger partial charge in [-0.15, -0.1) is 22.7 Å². The van der Waals surface area contributed by atoms with E-state index in [0.717, 1.165) is 39.6 Å². The summed E-state index contributed by atoms with van der Waals surface area (Å²) in [5.41, 5.74) is 13.9. The number of hydrogen-bond donors (Lipinski definition) is 0. The summed E-state index contributed by atoms with van der Waals surface area (Å²) >= 11 is 3.73. The molecule has 0 amide bonds. The maximum absolute atomic E-state index is 2.48. The van der Waals surface area contributed by atoms with Gasteiger partial charge in [0.05, 0.1) is 17.1 Å². The van der Waals surface area contributed by atoms with Gasteiger partial charge in [0.1, 0.15) is 0 Å². The summed E-state index contributed by atoms with van der Waals surface area (Å²) in [5, 5.41) is 7.48. The molecule has 0 unspecified atom stereocenters. The summed E-state index contributed by atoms with van der Waals surface area (Å²) < 4.78 is 5.13. The summed E-state index contributed by atoms with van der Waals surface area (Å²) in [6, 6.07) is 93.2. The van der Waals surface area contributed by atoms with E-state index in [4.69, 9.17) is 0 Å². The van der Waals surface area contributed by atoms with E-state index in [-0.39, 0.29) is 0 Å². The van der Waals surface area contributed by atoms with Crippen LogP contribution in [0.1, 0.15) is 0 Å². The Kier molecular flexibility index (Phi) is 9.93. The highest BCUT2D eigenvalue weighted by Crippen LogP contribution is 2.50. The zero-order valence-electron chi connectivity index (χ0n) is 37.0. The van der Waals surface area contributed by atoms with Crippen LogP contribution in [0.15, 0.2) is 255 Å². The monoisotopic (exact) mass is 902 g/mol. The molecule has 13 rings (SSSR count). The van der Waals surface area contributed by atoms with E-state index in [1.807, 2.05) is 22.7 Å². The number of thiophene rings is 2. The molecule has 0 spiro atoms. The van der Waals surface area contributed by atoms with Crippen LogP contribution >= 0.6 is 22.7 Å². The van der Waals surface area contributed by atoms with E-state index < -0.39 is 0 Å². The smallest absolute Gasteiger partial charge is 0.0555 e. The van der Waals surface area contributed by atoms with Gasteiger partial charge in [-0.25, -0.2) is 0 Å². The Labute approximate surface area is 403 Å². The van der Waals surface area contributed by atoms with E-state index in [0.29, 0.717) is 0 Å². The molecule has 320 valence electrons. The zero-order chi connectivity index (χ0) is 45.0. The molecule has 68 heavy (non-hydrogen) atoms. The quantitative estimate of drug-likeness (QED) is 0.142. The summed E-state index contributed by atoms with van der Waals surface area (Å²) in [4.78, 5) is 4.94. The molecule has 2 aromatic heterocycles. The fourth-order valence-electron chi connectivity index (χ4n) is 10.1. The number of rotatable bonds is 9. The highest BCUT2D eigenvalue weighted by molar-refractivity contribution is 7.26. The van der Waals surface area contributed by atoms with E-state index >= 15 is 0 Å². The molecule has 13 aromatic rings. The van der Waals surface area contributed by atoms with Gasteiger partial charge in [0.15, 0.2) is 0 Å². The predicted molar refractivity (Wildman–Crippen MR) is 295 cm³/mol. The van der Waals surface area contributed by atoms with E-state index in [9.17, 15) is 0 Å². The Bertz CT molecular complexity index is 3980. The normalized spacial score (nSPS) is 11.5. The van der Waals surface area contributed by atoms with Crippen molar-refractivity contribution in [3.63, 3.8) is 0 Å². The molecule has 0 N–H and O–H groups in total. The molecule has 0 saturated carbocycles. The van der Waals surface area contributed by atoms with Crippen molar-refractivity contribution in [2.75, 3.05) is 9.80 Å². The van der Waals surface area contributed by atoms with Crippen LogP contribution in [0.5, 0.6) is 0 Å². The van der Waals surface area contributed by atoms with Crippen molar-refractivity contribution in [3.8, 4) is 33.4 Å². The minimum absolute atomic E-state index is 1.09. The van der Waals surface area contributed by atoms with E-state index in [1.165, 1.54) is 79.1 Å². The highest BCUT2D eigenvalue weighted by atomic mass is 32.1. The third-order valence-electron chi connectivity index (χ3n) is 13.2. The molecule has 0 atom stereocenters. The molecule has 2 nitrogen and oxygen atoms in total. The maximum Gasteiger partial charge on any atom is 0.0555 e. The van der Waals surface area contributed by atoms with Crippen LogP contribution in [0.3, 0.4) is 0 Å². The van der Waals surface area contributed by atoms with Crippen molar-refractivity contribution in [3.05, 3.63) is 255 Å². The van der Waals surface area contributed by atoms with Crippen LogP contribution in [0.25, 0.3) is 84.5 Å². The zero-order valence-corrected chi connectivity index (χ0v) is 38.6. The molecule has 4 heteroatoms. The Hall–Kier alpha value is -8.28. The van der Waals surface area contributed by atoms with Crippen LogP contribution in [-0.4, -0.2) is 0 Å². The molecule has 0 saturated heterocycles. The topological polar surface area (TPSA) is 6.48 Å². The summed E-state index contributed by atoms with van der Waals surface area (Å²) in [7, 11) is 0. The first kappa shape index (κ1) is 40.0. The van der Waals surface area contributed by atoms with Gasteiger partial charge in [0, 0.05) is 62.8 Å². The third kappa shape index (κ3) is 6.93. The van der Waals surface area contributed by atoms with Crippen LogP contribution in [0, 0.1) is 0 Å². The lowest BCUT2D eigenvalue weighted by molar-refractivity contribution is 1.30. The Morgan fingerprint density at radius 1 is 0.265 bits per heavy atom. The molecule has 11 aromatic carbocycles. The minimum Gasteiger partial charge on any atom is -0.310 e. The average Bonchev–Trinajstić information content (AvgIpc) is 4.00. The van der Waals surface area contributed by atoms with Crippen molar-refractivity contribution in [2.45, 2.75) is 0 Å². The molecule has 0 radical (unpaired) electrons. The van der Waals surface area contributed by atoms with Crippen LogP contribution in [0.2, 0.25) is 0 Å². The van der Waals surface area contributed by atoms with E-state index in [2.05, 4.69) is 265 Å². The number of hydrogen-bond acceptors (Lipinski definition) is 4. The fourth-order valence-corrected chi connectivity index (χ4v) is 12.5. The number of benzene rings is 11. The van der Waals surface area contributed by atoms with Gasteiger partial charge in [-0.05, 0) is 112 Å². The fraction of sp³-hybridized carbons (Fsp3) is 0. The summed E-state index contributed by atoms with van der Waals surface area (Å²) in [5.74, 6) is 0. The second-order valence-electron chi connectivity index (χ2n) is 17.2. The van der Waals surface area contributed by atoms with Crippen molar-refractivity contribution in [2.24, 2.45) is 0 Å². The standard InChI is InChI=1S/C64H42N2S2/c1-3-17-43(18-4-1)44-35-37-49(38-36-44)65(58-40-39-53(46-19-5-2-6-20-46)64-63(58)55-29-10-12-33-60(55)68-64)50-25-13-23-47(41-50)48-24-14-26-51(42-48)66(56-30-15-22-45-21-7-8-27-52(45)56)57-31-16-34-61-62(57)54-28-9-11-32-59(54)67-61/h1-42H. The second kappa shape index (κ2) is 16.9. The molecule has 0 fully saturated rings. The van der Waals surface area contributed by atoms with Crippen molar-refractivity contribution < 1.29 is 0 Å². The van der Waals surface area contributed by atoms with Crippen LogP contribution < -0.4 is 9.80 Å². The lowest BCUT2D eigenvalue weighted by atomic mass is 9.99. The first-order valence-corrected chi connectivity index (χ1v) is 24.7. The molecular formula is C64H42N2S2. The molecule has 0 aliphatic heterocycles. The molecule has 2 heterocycles. The van der Waals surface area contributed by atoms with Crippen LogP contribution in [-0.2, 0) is 0 Å². The Balaban J connectivity index is 0.999. The summed E-state index contributed by atoms with van der Waals surface area (Å²) in [6.07, 6.45) is 0. The van der Waals surface area contributed by atoms with Crippen LogP contribution in [0.4, 0.5) is 34.1 Å². The summed E-state index contributed by atoms with van der Waals surface area (Å²) in [6.45, 7) is 0. The Morgan fingerprint density at radius 3 is 1.50 bits per heavy atom. The van der Waals surface area contributed by atoms with Gasteiger partial charge in [-0.3, -0.25) is 0 Å². The molecule has 0 bridgehead atoms. The second-order valence-corrected chi connectivity index (χ2v) is 19.4. The van der Waals surface area contributed by atoms with Gasteiger partial charge in [-0.2, -0.15) is 0 Å². The number of nitrogens with zero attached hydrogens (tertiary/aromatic N) is 2. The lowest BCUT2D eigenvalue weighted by Gasteiger charge is -2.29. The SMILES string of the molecule is c1ccc(-c2ccc(N(c3cccc(-c4cccc(N(c5cccc6ccccc56)c5cccc6sc7ccccc7c56)c4)c3)c3ccc(-c4ccccc4)c4sc5ccccc5c34)cc2)cc1. The van der Waals surface area contributed by atoms with Crippen molar-refractivity contribution in [1.82, 2.24) is 0 Å². The van der Waals surface area contributed by atoms with Gasteiger partial charge in [0.25, 0.3) is 0 Å². The van der Waals surface area contributed by atoms with Crippen molar-refractivity contribution >= 4 is 108 Å². The number of anilines is 6. The maximum atomic E-state index is 2.48. The third-order valence-corrected chi connectivity index (χ3v) is 15.6. The molecular weight excluding hydrogens is 861 g/mol. The van der Waals surface area contributed by atoms with Gasteiger partial charge >= 0.3 is 0 Å². The predicted octanol–water partition coefficient (Wildman–Crippen LogP) is 19.5. The Morgan fingerprint density at radius 2 is 0.765 bits per heavy atom. The molecule has 0 aliphatic carbocycles. The lowest BCUT2D eigenvalue weighted by Crippen LogP contribution is -2.11. The largest absolute Gasteiger partial charge is 0.310 e. The first-order valence-electron chi connectivity index (χ1n) is 23.1. The minimum atomic E-state index is 1.09. The van der Waals surface area contributed by atoms with Gasteiger partial charge in [-0.1, -0.05) is 182 Å². The highest BCUT2D eigenvalue weighted by Gasteiger charge is 2.23. The van der Waals surface area contributed by atoms with E-state index in [1.54, 1.807) is 0 Å². The number of fused-ring (bicyclic) bond motifs is 7. The van der Waals surface area contributed by atoms with Gasteiger partial charge < -0.3 is 9.80 Å². The average molecular weight is 903 g/mol. The molecule has 0 aliphatic rings. The van der Waals surface area contributed by atoms with Gasteiger partial charge in [0.2, 0.25) is 0 Å².